The van der Waals surface area contributed by atoms with E-state index in [4.69, 9.17) is 0 Å². The third kappa shape index (κ3) is 3.38. The number of nitrogens with zero attached hydrogens (tertiary/aromatic N) is 2. The molecule has 0 spiro atoms. The maximum atomic E-state index is 12.7. The molecular weight excluding hydrogens is 328 g/mol. The van der Waals surface area contributed by atoms with Crippen molar-refractivity contribution in [3.63, 3.8) is 0 Å². The number of carbonyl (C=O) groups is 1. The van der Waals surface area contributed by atoms with Gasteiger partial charge in [-0.05, 0) is 60.0 Å². The van der Waals surface area contributed by atoms with E-state index in [2.05, 4.69) is 48.8 Å². The number of hydrogen-bond acceptors (Lipinski definition) is 1. The van der Waals surface area contributed by atoms with Gasteiger partial charge in [0, 0.05) is 29.4 Å². The molecule has 0 saturated carbocycles. The lowest BCUT2D eigenvalue weighted by atomic mass is 10.1. The molecule has 0 aliphatic heterocycles. The standard InChI is InChI=1S/C17H21BrN2O/c1-5-13-6-8-15(9-7-13)19(4)17(21)16-10-14(18)11-20(16)12(2)3/h6-12H,5H2,1-4H3. The van der Waals surface area contributed by atoms with Gasteiger partial charge in [-0.3, -0.25) is 4.79 Å². The Morgan fingerprint density at radius 2 is 1.90 bits per heavy atom. The summed E-state index contributed by atoms with van der Waals surface area (Å²) in [5.74, 6) is -0.00125. The third-order valence-electron chi connectivity index (χ3n) is 3.63. The lowest BCUT2D eigenvalue weighted by Crippen LogP contribution is -2.28. The van der Waals surface area contributed by atoms with Crippen LogP contribution in [0.4, 0.5) is 5.69 Å². The van der Waals surface area contributed by atoms with Gasteiger partial charge in [0.2, 0.25) is 0 Å². The summed E-state index contributed by atoms with van der Waals surface area (Å²) in [6.45, 7) is 6.26. The molecule has 0 bridgehead atoms. The molecule has 1 amide bonds. The summed E-state index contributed by atoms with van der Waals surface area (Å²) < 4.78 is 2.91. The number of halogens is 1. The number of rotatable bonds is 4. The maximum absolute atomic E-state index is 12.7. The molecule has 0 N–H and O–H groups in total. The normalized spacial score (nSPS) is 11.0. The van der Waals surface area contributed by atoms with Crippen molar-refractivity contribution in [3.05, 3.63) is 52.3 Å². The molecule has 21 heavy (non-hydrogen) atoms. The Morgan fingerprint density at radius 1 is 1.29 bits per heavy atom. The molecule has 0 fully saturated rings. The van der Waals surface area contributed by atoms with Crippen LogP contribution in [-0.4, -0.2) is 17.5 Å². The predicted molar refractivity (Wildman–Crippen MR) is 91.1 cm³/mol. The van der Waals surface area contributed by atoms with Gasteiger partial charge in [-0.25, -0.2) is 0 Å². The summed E-state index contributed by atoms with van der Waals surface area (Å²) in [7, 11) is 1.81. The molecule has 1 aromatic heterocycles. The van der Waals surface area contributed by atoms with E-state index in [9.17, 15) is 4.79 Å². The minimum atomic E-state index is -0.00125. The highest BCUT2D eigenvalue weighted by Crippen LogP contribution is 2.23. The van der Waals surface area contributed by atoms with Crippen LogP contribution < -0.4 is 4.90 Å². The summed E-state index contributed by atoms with van der Waals surface area (Å²) in [4.78, 5) is 14.4. The second-order valence-corrected chi connectivity index (χ2v) is 6.34. The van der Waals surface area contributed by atoms with Crippen molar-refractivity contribution in [2.45, 2.75) is 33.2 Å². The number of hydrogen-bond donors (Lipinski definition) is 0. The van der Waals surface area contributed by atoms with Crippen LogP contribution >= 0.6 is 15.9 Å². The Bertz CT molecular complexity index is 629. The highest BCUT2D eigenvalue weighted by Gasteiger charge is 2.19. The molecule has 0 atom stereocenters. The summed E-state index contributed by atoms with van der Waals surface area (Å²) in [5.41, 5.74) is 2.87. The van der Waals surface area contributed by atoms with Crippen LogP contribution in [0.5, 0.6) is 0 Å². The lowest BCUT2D eigenvalue weighted by molar-refractivity contribution is 0.0982. The fraction of sp³-hybridized carbons (Fsp3) is 0.353. The smallest absolute Gasteiger partial charge is 0.274 e. The Hall–Kier alpha value is -1.55. The van der Waals surface area contributed by atoms with Crippen LogP contribution in [0, 0.1) is 0 Å². The molecule has 1 heterocycles. The first kappa shape index (κ1) is 15.8. The van der Waals surface area contributed by atoms with Gasteiger partial charge in [0.1, 0.15) is 5.69 Å². The van der Waals surface area contributed by atoms with Crippen molar-refractivity contribution in [1.29, 1.82) is 0 Å². The molecule has 0 aliphatic rings. The van der Waals surface area contributed by atoms with Crippen molar-refractivity contribution in [2.75, 3.05) is 11.9 Å². The van der Waals surface area contributed by atoms with Crippen LogP contribution in [-0.2, 0) is 6.42 Å². The van der Waals surface area contributed by atoms with Crippen molar-refractivity contribution in [1.82, 2.24) is 4.57 Å². The SMILES string of the molecule is CCc1ccc(N(C)C(=O)c2cc(Br)cn2C(C)C)cc1. The van der Waals surface area contributed by atoms with E-state index in [-0.39, 0.29) is 11.9 Å². The van der Waals surface area contributed by atoms with Gasteiger partial charge in [0.05, 0.1) is 0 Å². The summed E-state index contributed by atoms with van der Waals surface area (Å²) in [5, 5.41) is 0. The van der Waals surface area contributed by atoms with Gasteiger partial charge in [-0.2, -0.15) is 0 Å². The minimum absolute atomic E-state index is 0.00125. The van der Waals surface area contributed by atoms with Crippen LogP contribution in [0.3, 0.4) is 0 Å². The van der Waals surface area contributed by atoms with Crippen LogP contribution in [0.1, 0.15) is 42.9 Å². The number of amides is 1. The first-order valence-electron chi connectivity index (χ1n) is 7.18. The number of carbonyl (C=O) groups excluding carboxylic acids is 1. The molecule has 3 nitrogen and oxygen atoms in total. The average Bonchev–Trinajstić information content (AvgIpc) is 2.88. The Morgan fingerprint density at radius 3 is 2.43 bits per heavy atom. The van der Waals surface area contributed by atoms with Crippen LogP contribution in [0.15, 0.2) is 41.0 Å². The molecule has 0 unspecified atom stereocenters. The van der Waals surface area contributed by atoms with Crippen molar-refractivity contribution < 1.29 is 4.79 Å². The molecule has 1 aromatic carbocycles. The van der Waals surface area contributed by atoms with E-state index < -0.39 is 0 Å². The minimum Gasteiger partial charge on any atom is -0.340 e. The molecule has 2 rings (SSSR count). The predicted octanol–water partition coefficient (Wildman–Crippen LogP) is 4.67. The van der Waals surface area contributed by atoms with Gasteiger partial charge in [0.25, 0.3) is 5.91 Å². The number of aromatic nitrogens is 1. The van der Waals surface area contributed by atoms with E-state index in [1.54, 1.807) is 4.90 Å². The second kappa shape index (κ2) is 6.48. The van der Waals surface area contributed by atoms with E-state index in [1.165, 1.54) is 5.56 Å². The summed E-state index contributed by atoms with van der Waals surface area (Å²) in [6, 6.07) is 10.2. The van der Waals surface area contributed by atoms with E-state index >= 15 is 0 Å². The van der Waals surface area contributed by atoms with E-state index in [0.717, 1.165) is 16.6 Å². The average molecular weight is 349 g/mol. The van der Waals surface area contributed by atoms with Crippen LogP contribution in [0.25, 0.3) is 0 Å². The highest BCUT2D eigenvalue weighted by atomic mass is 79.9. The molecule has 4 heteroatoms. The summed E-state index contributed by atoms with van der Waals surface area (Å²) in [6.07, 6.45) is 2.95. The third-order valence-corrected chi connectivity index (χ3v) is 4.06. The van der Waals surface area contributed by atoms with Gasteiger partial charge < -0.3 is 9.47 Å². The number of aryl methyl sites for hydroxylation is 1. The summed E-state index contributed by atoms with van der Waals surface area (Å²) >= 11 is 3.45. The zero-order valence-electron chi connectivity index (χ0n) is 12.9. The van der Waals surface area contributed by atoms with Crippen LogP contribution in [0.2, 0.25) is 0 Å². The fourth-order valence-electron chi connectivity index (χ4n) is 2.29. The quantitative estimate of drug-likeness (QED) is 0.787. The van der Waals surface area contributed by atoms with Gasteiger partial charge in [0.15, 0.2) is 0 Å². The maximum Gasteiger partial charge on any atom is 0.274 e. The van der Waals surface area contributed by atoms with Crippen molar-refractivity contribution >= 4 is 27.5 Å². The second-order valence-electron chi connectivity index (χ2n) is 5.43. The van der Waals surface area contributed by atoms with E-state index in [0.29, 0.717) is 5.69 Å². The fourth-order valence-corrected chi connectivity index (χ4v) is 2.73. The zero-order valence-corrected chi connectivity index (χ0v) is 14.5. The molecule has 2 aromatic rings. The Kier molecular flexibility index (Phi) is 4.88. The molecule has 0 saturated heterocycles. The Balaban J connectivity index is 2.30. The molecular formula is C17H21BrN2O. The monoisotopic (exact) mass is 348 g/mol. The molecule has 0 radical (unpaired) electrons. The zero-order chi connectivity index (χ0) is 15.6. The van der Waals surface area contributed by atoms with Gasteiger partial charge in [-0.1, -0.05) is 19.1 Å². The first-order valence-corrected chi connectivity index (χ1v) is 7.97. The van der Waals surface area contributed by atoms with Gasteiger partial charge >= 0.3 is 0 Å². The van der Waals surface area contributed by atoms with Crippen molar-refractivity contribution in [3.8, 4) is 0 Å². The van der Waals surface area contributed by atoms with E-state index in [1.807, 2.05) is 36.0 Å². The Labute approximate surface area is 134 Å². The molecule has 112 valence electrons. The topological polar surface area (TPSA) is 25.2 Å². The molecule has 0 aliphatic carbocycles. The van der Waals surface area contributed by atoms with Crippen molar-refractivity contribution in [2.24, 2.45) is 0 Å². The number of anilines is 1. The number of benzene rings is 1. The first-order chi connectivity index (χ1) is 9.93. The van der Waals surface area contributed by atoms with Gasteiger partial charge in [-0.15, -0.1) is 0 Å². The highest BCUT2D eigenvalue weighted by molar-refractivity contribution is 9.10. The lowest BCUT2D eigenvalue weighted by Gasteiger charge is -2.20. The largest absolute Gasteiger partial charge is 0.340 e.